The summed E-state index contributed by atoms with van der Waals surface area (Å²) in [5, 5.41) is 12.1. The minimum Gasteiger partial charge on any atom is -0.389 e. The standard InChI is InChI=1S/C15H25NO3S/c1-12-5-7-20-15(12)9-16(2)8-13(17)10-18-11-14-4-3-6-19-14/h5,7,13-14,17H,3-4,6,8-11H2,1-2H3. The fourth-order valence-corrected chi connectivity index (χ4v) is 3.38. The summed E-state index contributed by atoms with van der Waals surface area (Å²) in [6.45, 7) is 5.47. The second kappa shape index (κ2) is 8.10. The van der Waals surface area contributed by atoms with Crippen LogP contribution in [0.4, 0.5) is 0 Å². The minimum atomic E-state index is -0.443. The van der Waals surface area contributed by atoms with Crippen molar-refractivity contribution in [3.63, 3.8) is 0 Å². The zero-order valence-electron chi connectivity index (χ0n) is 12.4. The summed E-state index contributed by atoms with van der Waals surface area (Å²) in [5.41, 5.74) is 1.32. The molecule has 1 saturated heterocycles. The number of hydrogen-bond acceptors (Lipinski definition) is 5. The van der Waals surface area contributed by atoms with E-state index in [1.54, 1.807) is 11.3 Å². The van der Waals surface area contributed by atoms with Crippen molar-refractivity contribution in [2.75, 3.05) is 33.4 Å². The molecule has 5 heteroatoms. The van der Waals surface area contributed by atoms with Crippen molar-refractivity contribution in [1.82, 2.24) is 4.90 Å². The van der Waals surface area contributed by atoms with Gasteiger partial charge < -0.3 is 14.6 Å². The van der Waals surface area contributed by atoms with Gasteiger partial charge in [0.05, 0.1) is 25.4 Å². The Morgan fingerprint density at radius 3 is 3.10 bits per heavy atom. The molecule has 1 aliphatic rings. The lowest BCUT2D eigenvalue weighted by atomic mass is 10.2. The van der Waals surface area contributed by atoms with Crippen molar-refractivity contribution >= 4 is 11.3 Å². The van der Waals surface area contributed by atoms with E-state index >= 15 is 0 Å². The molecule has 4 nitrogen and oxygen atoms in total. The first-order valence-electron chi connectivity index (χ1n) is 7.24. The van der Waals surface area contributed by atoms with Crippen molar-refractivity contribution in [2.24, 2.45) is 0 Å². The van der Waals surface area contributed by atoms with Gasteiger partial charge in [0.2, 0.25) is 0 Å². The highest BCUT2D eigenvalue weighted by molar-refractivity contribution is 7.10. The molecule has 114 valence electrons. The normalized spacial score (nSPS) is 20.7. The van der Waals surface area contributed by atoms with Crippen LogP contribution >= 0.6 is 11.3 Å². The SMILES string of the molecule is Cc1ccsc1CN(C)CC(O)COCC1CCCO1. The molecule has 2 rings (SSSR count). The fourth-order valence-electron chi connectivity index (χ4n) is 2.40. The number of rotatable bonds is 8. The highest BCUT2D eigenvalue weighted by Gasteiger charge is 2.16. The number of hydrogen-bond donors (Lipinski definition) is 1. The molecule has 0 aliphatic carbocycles. The maximum absolute atomic E-state index is 9.99. The molecule has 1 fully saturated rings. The molecule has 2 heterocycles. The lowest BCUT2D eigenvalue weighted by Gasteiger charge is -2.21. The molecule has 0 radical (unpaired) electrons. The van der Waals surface area contributed by atoms with Crippen molar-refractivity contribution in [3.05, 3.63) is 21.9 Å². The van der Waals surface area contributed by atoms with Crippen LogP contribution in [0.1, 0.15) is 23.3 Å². The summed E-state index contributed by atoms with van der Waals surface area (Å²) in [7, 11) is 2.03. The lowest BCUT2D eigenvalue weighted by molar-refractivity contribution is -0.0238. The van der Waals surface area contributed by atoms with Crippen molar-refractivity contribution in [2.45, 2.75) is 38.5 Å². The van der Waals surface area contributed by atoms with Gasteiger partial charge in [0.1, 0.15) is 0 Å². The monoisotopic (exact) mass is 299 g/mol. The number of thiophene rings is 1. The third kappa shape index (κ3) is 5.14. The highest BCUT2D eigenvalue weighted by Crippen LogP contribution is 2.17. The first-order chi connectivity index (χ1) is 9.65. The van der Waals surface area contributed by atoms with Gasteiger partial charge >= 0.3 is 0 Å². The van der Waals surface area contributed by atoms with E-state index in [1.807, 2.05) is 7.05 Å². The zero-order valence-corrected chi connectivity index (χ0v) is 13.2. The van der Waals surface area contributed by atoms with Gasteiger partial charge in [0, 0.05) is 24.6 Å². The average Bonchev–Trinajstić information content (AvgIpc) is 3.02. The Balaban J connectivity index is 1.60. The molecule has 1 aliphatic heterocycles. The van der Waals surface area contributed by atoms with Gasteiger partial charge in [-0.05, 0) is 43.8 Å². The van der Waals surface area contributed by atoms with Gasteiger partial charge in [0.25, 0.3) is 0 Å². The Morgan fingerprint density at radius 2 is 2.45 bits per heavy atom. The summed E-state index contributed by atoms with van der Waals surface area (Å²) >= 11 is 1.77. The van der Waals surface area contributed by atoms with Crippen LogP contribution in [0.3, 0.4) is 0 Å². The predicted molar refractivity (Wildman–Crippen MR) is 81.2 cm³/mol. The minimum absolute atomic E-state index is 0.230. The van der Waals surface area contributed by atoms with E-state index in [-0.39, 0.29) is 6.10 Å². The smallest absolute Gasteiger partial charge is 0.0900 e. The highest BCUT2D eigenvalue weighted by atomic mass is 32.1. The first kappa shape index (κ1) is 15.9. The van der Waals surface area contributed by atoms with Crippen molar-refractivity contribution < 1.29 is 14.6 Å². The van der Waals surface area contributed by atoms with Gasteiger partial charge in [0.15, 0.2) is 0 Å². The van der Waals surface area contributed by atoms with E-state index in [1.165, 1.54) is 10.4 Å². The van der Waals surface area contributed by atoms with E-state index in [0.717, 1.165) is 26.0 Å². The quantitative estimate of drug-likeness (QED) is 0.798. The maximum Gasteiger partial charge on any atom is 0.0900 e. The topological polar surface area (TPSA) is 41.9 Å². The molecule has 1 aromatic heterocycles. The third-order valence-electron chi connectivity index (χ3n) is 3.54. The molecule has 2 atom stereocenters. The lowest BCUT2D eigenvalue weighted by Crippen LogP contribution is -2.32. The molecule has 0 amide bonds. The number of aryl methyl sites for hydroxylation is 1. The molecule has 0 spiro atoms. The predicted octanol–water partition coefficient (Wildman–Crippen LogP) is 2.04. The van der Waals surface area contributed by atoms with E-state index in [0.29, 0.717) is 19.8 Å². The Kier molecular flexibility index (Phi) is 6.45. The van der Waals surface area contributed by atoms with Gasteiger partial charge in [-0.3, -0.25) is 4.90 Å². The van der Waals surface area contributed by atoms with Gasteiger partial charge in [-0.15, -0.1) is 11.3 Å². The van der Waals surface area contributed by atoms with Crippen LogP contribution in [0.5, 0.6) is 0 Å². The molecule has 0 bridgehead atoms. The van der Waals surface area contributed by atoms with Gasteiger partial charge in [-0.25, -0.2) is 0 Å². The number of ether oxygens (including phenoxy) is 2. The zero-order chi connectivity index (χ0) is 14.4. The average molecular weight is 299 g/mol. The number of nitrogens with zero attached hydrogens (tertiary/aromatic N) is 1. The maximum atomic E-state index is 9.99. The molecular weight excluding hydrogens is 274 g/mol. The van der Waals surface area contributed by atoms with Gasteiger partial charge in [-0.1, -0.05) is 0 Å². The van der Waals surface area contributed by atoms with Crippen LogP contribution < -0.4 is 0 Å². The van der Waals surface area contributed by atoms with E-state index in [4.69, 9.17) is 9.47 Å². The van der Waals surface area contributed by atoms with Crippen LogP contribution in [0, 0.1) is 6.92 Å². The third-order valence-corrected chi connectivity index (χ3v) is 4.55. The van der Waals surface area contributed by atoms with Crippen LogP contribution in [0.25, 0.3) is 0 Å². The summed E-state index contributed by atoms with van der Waals surface area (Å²) in [6.07, 6.45) is 1.99. The number of aliphatic hydroxyl groups is 1. The van der Waals surface area contributed by atoms with E-state index < -0.39 is 6.10 Å². The Morgan fingerprint density at radius 1 is 1.60 bits per heavy atom. The summed E-state index contributed by atoms with van der Waals surface area (Å²) in [6, 6.07) is 2.13. The summed E-state index contributed by atoms with van der Waals surface area (Å²) < 4.78 is 11.0. The molecular formula is C15H25NO3S. The Labute approximate surface area is 125 Å². The molecule has 1 N–H and O–H groups in total. The Hall–Kier alpha value is -0.460. The second-order valence-electron chi connectivity index (χ2n) is 5.55. The molecule has 0 saturated carbocycles. The number of aliphatic hydroxyl groups excluding tert-OH is 1. The Bertz CT molecular complexity index is 390. The molecule has 1 aromatic rings. The van der Waals surface area contributed by atoms with E-state index in [9.17, 15) is 5.11 Å². The fraction of sp³-hybridized carbons (Fsp3) is 0.733. The van der Waals surface area contributed by atoms with Crippen LogP contribution in [-0.4, -0.2) is 55.6 Å². The second-order valence-corrected chi connectivity index (χ2v) is 6.55. The van der Waals surface area contributed by atoms with E-state index in [2.05, 4.69) is 23.3 Å². The molecule has 2 unspecified atom stereocenters. The van der Waals surface area contributed by atoms with Crippen molar-refractivity contribution in [1.29, 1.82) is 0 Å². The summed E-state index contributed by atoms with van der Waals surface area (Å²) in [5.74, 6) is 0. The van der Waals surface area contributed by atoms with Crippen LogP contribution in [0.15, 0.2) is 11.4 Å². The van der Waals surface area contributed by atoms with Crippen molar-refractivity contribution in [3.8, 4) is 0 Å². The van der Waals surface area contributed by atoms with Crippen LogP contribution in [0.2, 0.25) is 0 Å². The molecule has 20 heavy (non-hydrogen) atoms. The molecule has 0 aromatic carbocycles. The largest absolute Gasteiger partial charge is 0.389 e. The number of likely N-dealkylation sites (N-methyl/N-ethyl adjacent to an activating group) is 1. The summed E-state index contributed by atoms with van der Waals surface area (Å²) in [4.78, 5) is 3.50. The van der Waals surface area contributed by atoms with Crippen LogP contribution in [-0.2, 0) is 16.0 Å². The first-order valence-corrected chi connectivity index (χ1v) is 8.12. The van der Waals surface area contributed by atoms with Gasteiger partial charge in [-0.2, -0.15) is 0 Å².